The predicted molar refractivity (Wildman–Crippen MR) is 95.9 cm³/mol. The Morgan fingerprint density at radius 1 is 1.12 bits per heavy atom. The average Bonchev–Trinajstić information content (AvgIpc) is 2.59. The SMILES string of the molecule is CC1C(=CN(C)C)C(=O)c2ccccc2N1S(=O)(=O)c1ccccn1. The van der Waals surface area contributed by atoms with E-state index in [1.165, 1.54) is 16.6 Å². The van der Waals surface area contributed by atoms with E-state index in [4.69, 9.17) is 0 Å². The molecule has 3 rings (SSSR count). The molecule has 1 atom stereocenters. The molecule has 1 aromatic heterocycles. The number of carbonyl (C=O) groups excluding carboxylic acids is 1. The summed E-state index contributed by atoms with van der Waals surface area (Å²) in [5, 5.41) is -0.0461. The van der Waals surface area contributed by atoms with Gasteiger partial charge in [-0.1, -0.05) is 18.2 Å². The molecule has 0 radical (unpaired) electrons. The summed E-state index contributed by atoms with van der Waals surface area (Å²) in [5.41, 5.74) is 1.16. The van der Waals surface area contributed by atoms with Gasteiger partial charge < -0.3 is 4.90 Å². The Balaban J connectivity index is 2.25. The molecule has 0 saturated carbocycles. The molecule has 0 N–H and O–H groups in total. The summed E-state index contributed by atoms with van der Waals surface area (Å²) in [6.45, 7) is 1.71. The van der Waals surface area contributed by atoms with Crippen molar-refractivity contribution >= 4 is 21.5 Å². The Hall–Kier alpha value is -2.67. The zero-order valence-electron chi connectivity index (χ0n) is 14.2. The first kappa shape index (κ1) is 17.2. The number of sulfonamides is 1. The fraction of sp³-hybridized carbons (Fsp3) is 0.222. The lowest BCUT2D eigenvalue weighted by atomic mass is 9.93. The summed E-state index contributed by atoms with van der Waals surface area (Å²) in [5.74, 6) is -0.163. The number of benzene rings is 1. The van der Waals surface area contributed by atoms with Gasteiger partial charge in [-0.2, -0.15) is 8.42 Å². The molecule has 1 aliphatic rings. The van der Waals surface area contributed by atoms with E-state index in [2.05, 4.69) is 4.98 Å². The van der Waals surface area contributed by atoms with Crippen LogP contribution in [-0.2, 0) is 10.0 Å². The van der Waals surface area contributed by atoms with Crippen LogP contribution >= 0.6 is 0 Å². The van der Waals surface area contributed by atoms with E-state index >= 15 is 0 Å². The molecule has 0 bridgehead atoms. The molecule has 0 saturated heterocycles. The first-order chi connectivity index (χ1) is 11.8. The second-order valence-electron chi connectivity index (χ2n) is 6.04. The van der Waals surface area contributed by atoms with Crippen LogP contribution in [0.25, 0.3) is 0 Å². The van der Waals surface area contributed by atoms with E-state index < -0.39 is 16.1 Å². The van der Waals surface area contributed by atoms with Gasteiger partial charge in [0.1, 0.15) is 0 Å². The maximum Gasteiger partial charge on any atom is 0.282 e. The number of fused-ring (bicyclic) bond motifs is 1. The zero-order valence-corrected chi connectivity index (χ0v) is 15.1. The molecule has 0 spiro atoms. The highest BCUT2D eigenvalue weighted by Crippen LogP contribution is 2.37. The number of para-hydroxylation sites is 1. The molecule has 0 aliphatic carbocycles. The van der Waals surface area contributed by atoms with E-state index in [-0.39, 0.29) is 10.8 Å². The molecular weight excluding hydrogens is 338 g/mol. The van der Waals surface area contributed by atoms with Gasteiger partial charge in [0.25, 0.3) is 10.0 Å². The molecule has 2 aromatic rings. The van der Waals surface area contributed by atoms with Crippen LogP contribution < -0.4 is 4.31 Å². The van der Waals surface area contributed by atoms with Crippen LogP contribution in [-0.4, -0.2) is 44.2 Å². The second-order valence-corrected chi connectivity index (χ2v) is 7.80. The van der Waals surface area contributed by atoms with Gasteiger partial charge in [-0.15, -0.1) is 0 Å². The highest BCUT2D eigenvalue weighted by Gasteiger charge is 2.40. The maximum absolute atomic E-state index is 13.2. The number of anilines is 1. The van der Waals surface area contributed by atoms with Gasteiger partial charge in [-0.05, 0) is 31.2 Å². The van der Waals surface area contributed by atoms with E-state index in [1.54, 1.807) is 68.5 Å². The van der Waals surface area contributed by atoms with Gasteiger partial charge in [-0.3, -0.25) is 9.10 Å². The number of nitrogens with zero attached hydrogens (tertiary/aromatic N) is 3. The third-order valence-corrected chi connectivity index (χ3v) is 5.81. The normalized spacial score (nSPS) is 19.0. The number of hydrogen-bond donors (Lipinski definition) is 0. The summed E-state index contributed by atoms with van der Waals surface area (Å²) in [6, 6.07) is 10.8. The minimum Gasteiger partial charge on any atom is -0.383 e. The summed E-state index contributed by atoms with van der Waals surface area (Å²) < 4.78 is 27.7. The number of aromatic nitrogens is 1. The molecule has 2 heterocycles. The van der Waals surface area contributed by atoms with Gasteiger partial charge >= 0.3 is 0 Å². The maximum atomic E-state index is 13.2. The first-order valence-corrected chi connectivity index (χ1v) is 9.25. The summed E-state index contributed by atoms with van der Waals surface area (Å²) in [7, 11) is -0.313. The van der Waals surface area contributed by atoms with Crippen molar-refractivity contribution in [1.29, 1.82) is 0 Å². The number of hydrogen-bond acceptors (Lipinski definition) is 5. The summed E-state index contributed by atoms with van der Waals surface area (Å²) in [6.07, 6.45) is 3.11. The van der Waals surface area contributed by atoms with Crippen molar-refractivity contribution in [1.82, 2.24) is 9.88 Å². The smallest absolute Gasteiger partial charge is 0.282 e. The molecule has 1 aliphatic heterocycles. The number of rotatable bonds is 3. The molecule has 7 heteroatoms. The molecule has 1 aromatic carbocycles. The quantitative estimate of drug-likeness (QED) is 0.789. The Bertz CT molecular complexity index is 937. The molecule has 130 valence electrons. The third-order valence-electron chi connectivity index (χ3n) is 4.01. The Kier molecular flexibility index (Phi) is 4.34. The van der Waals surface area contributed by atoms with E-state index in [0.717, 1.165) is 0 Å². The van der Waals surface area contributed by atoms with Gasteiger partial charge in [0.05, 0.1) is 11.7 Å². The Morgan fingerprint density at radius 3 is 2.44 bits per heavy atom. The largest absolute Gasteiger partial charge is 0.383 e. The molecule has 25 heavy (non-hydrogen) atoms. The topological polar surface area (TPSA) is 70.6 Å². The fourth-order valence-corrected chi connectivity index (χ4v) is 4.51. The molecule has 0 amide bonds. The van der Waals surface area contributed by atoms with E-state index in [9.17, 15) is 13.2 Å². The van der Waals surface area contributed by atoms with Crippen LogP contribution in [0.1, 0.15) is 17.3 Å². The minimum atomic E-state index is -3.91. The highest BCUT2D eigenvalue weighted by atomic mass is 32.2. The number of carbonyl (C=O) groups is 1. The van der Waals surface area contributed by atoms with Crippen LogP contribution in [0.4, 0.5) is 5.69 Å². The first-order valence-electron chi connectivity index (χ1n) is 7.81. The van der Waals surface area contributed by atoms with Gasteiger partial charge in [0.15, 0.2) is 10.8 Å². The summed E-state index contributed by atoms with van der Waals surface area (Å²) in [4.78, 5) is 18.6. The van der Waals surface area contributed by atoms with Crippen molar-refractivity contribution in [2.75, 3.05) is 18.4 Å². The Labute approximate surface area is 147 Å². The second kappa shape index (κ2) is 6.33. The molecule has 1 unspecified atom stereocenters. The highest BCUT2D eigenvalue weighted by molar-refractivity contribution is 7.92. The van der Waals surface area contributed by atoms with Crippen LogP contribution in [0, 0.1) is 0 Å². The monoisotopic (exact) mass is 357 g/mol. The van der Waals surface area contributed by atoms with E-state index in [0.29, 0.717) is 16.8 Å². The lowest BCUT2D eigenvalue weighted by Gasteiger charge is -2.36. The van der Waals surface area contributed by atoms with Crippen LogP contribution in [0.2, 0.25) is 0 Å². The van der Waals surface area contributed by atoms with E-state index in [1.807, 2.05) is 0 Å². The van der Waals surface area contributed by atoms with Crippen molar-refractivity contribution in [2.24, 2.45) is 0 Å². The average molecular weight is 357 g/mol. The number of Topliss-reactive ketones (excluding diaryl/α,β-unsaturated/α-hetero) is 1. The van der Waals surface area contributed by atoms with Crippen molar-refractivity contribution in [3.8, 4) is 0 Å². The third kappa shape index (κ3) is 2.91. The van der Waals surface area contributed by atoms with Crippen molar-refractivity contribution in [3.63, 3.8) is 0 Å². The van der Waals surface area contributed by atoms with Gasteiger partial charge in [0.2, 0.25) is 0 Å². The summed E-state index contributed by atoms with van der Waals surface area (Å²) >= 11 is 0. The van der Waals surface area contributed by atoms with Crippen LogP contribution in [0.5, 0.6) is 0 Å². The lowest BCUT2D eigenvalue weighted by molar-refractivity contribution is 0.102. The van der Waals surface area contributed by atoms with Crippen LogP contribution in [0.15, 0.2) is 65.5 Å². The van der Waals surface area contributed by atoms with Crippen molar-refractivity contribution in [2.45, 2.75) is 18.0 Å². The lowest BCUT2D eigenvalue weighted by Crippen LogP contribution is -2.46. The van der Waals surface area contributed by atoms with Crippen molar-refractivity contribution in [3.05, 3.63) is 66.0 Å². The van der Waals surface area contributed by atoms with Gasteiger partial charge in [-0.25, -0.2) is 4.98 Å². The van der Waals surface area contributed by atoms with Crippen LogP contribution in [0.3, 0.4) is 0 Å². The molecule has 0 fully saturated rings. The number of pyridine rings is 1. The van der Waals surface area contributed by atoms with Crippen molar-refractivity contribution < 1.29 is 13.2 Å². The molecular formula is C18H19N3O3S. The Morgan fingerprint density at radius 2 is 1.80 bits per heavy atom. The minimum absolute atomic E-state index is 0.0461. The standard InChI is InChI=1S/C18H19N3O3S/c1-13-15(12-20(2)3)18(22)14-8-4-5-9-16(14)21(13)25(23,24)17-10-6-7-11-19-17/h4-13H,1-3H3. The zero-order chi connectivity index (χ0) is 18.2. The fourth-order valence-electron chi connectivity index (χ4n) is 2.92. The number of ketones is 1. The van der Waals surface area contributed by atoms with Gasteiger partial charge in [0, 0.05) is 37.6 Å². The molecule has 6 nitrogen and oxygen atoms in total. The predicted octanol–water partition coefficient (Wildman–Crippen LogP) is 2.31.